The summed E-state index contributed by atoms with van der Waals surface area (Å²) in [5.74, 6) is -0.605. The quantitative estimate of drug-likeness (QED) is 0.478. The van der Waals surface area contributed by atoms with E-state index < -0.39 is 16.7 Å². The van der Waals surface area contributed by atoms with Crippen LogP contribution in [0.15, 0.2) is 35.1 Å². The van der Waals surface area contributed by atoms with Crippen molar-refractivity contribution >= 4 is 23.2 Å². The molecule has 0 aliphatic rings. The Morgan fingerprint density at radius 3 is 2.74 bits per heavy atom. The van der Waals surface area contributed by atoms with E-state index >= 15 is 0 Å². The molecule has 0 radical (unpaired) electrons. The molecular weight excluding hydrogens is 358 g/mol. The number of furan rings is 1. The Kier molecular flexibility index (Phi) is 4.70. The molecule has 0 bridgehead atoms. The van der Waals surface area contributed by atoms with Crippen molar-refractivity contribution < 1.29 is 18.9 Å². The summed E-state index contributed by atoms with van der Waals surface area (Å²) in [4.78, 5) is 34.3. The highest BCUT2D eigenvalue weighted by atomic mass is 16.6. The lowest BCUT2D eigenvalue weighted by Gasteiger charge is -2.02. The van der Waals surface area contributed by atoms with E-state index in [1.165, 1.54) is 34.9 Å². The summed E-state index contributed by atoms with van der Waals surface area (Å²) < 4.78 is 8.18. The van der Waals surface area contributed by atoms with Crippen LogP contribution in [0.1, 0.15) is 26.8 Å². The van der Waals surface area contributed by atoms with Gasteiger partial charge in [-0.05, 0) is 12.1 Å². The van der Waals surface area contributed by atoms with E-state index in [2.05, 4.69) is 20.8 Å². The molecule has 12 nitrogen and oxygen atoms in total. The number of rotatable bonds is 6. The maximum Gasteiger partial charge on any atom is 0.307 e. The zero-order chi connectivity index (χ0) is 19.6. The van der Waals surface area contributed by atoms with Crippen molar-refractivity contribution in [3.05, 3.63) is 58.1 Å². The number of aromatic nitrogens is 4. The Morgan fingerprint density at radius 2 is 2.07 bits per heavy atom. The van der Waals surface area contributed by atoms with E-state index in [0.717, 1.165) is 6.20 Å². The zero-order valence-electron chi connectivity index (χ0n) is 14.4. The van der Waals surface area contributed by atoms with Gasteiger partial charge in [0.25, 0.3) is 11.8 Å². The molecule has 0 unspecified atom stereocenters. The molecule has 0 fully saturated rings. The normalized spacial score (nSPS) is 10.6. The predicted molar refractivity (Wildman–Crippen MR) is 91.2 cm³/mol. The summed E-state index contributed by atoms with van der Waals surface area (Å²) in [5, 5.41) is 23.5. The zero-order valence-corrected chi connectivity index (χ0v) is 14.4. The van der Waals surface area contributed by atoms with Gasteiger partial charge in [-0.25, -0.2) is 0 Å². The molecule has 0 aromatic carbocycles. The van der Waals surface area contributed by atoms with Crippen molar-refractivity contribution in [3.8, 4) is 0 Å². The molecule has 0 aliphatic heterocycles. The standard InChI is InChI=1S/C15H15N7O5/c1-16-15(24)13-11(8-20(2)19-13)18-14(23)12-4-3-10(27-12)7-21-6-9(5-17-21)22(25)26/h3-6,8H,7H2,1-2H3,(H,16,24)(H,18,23). The highest BCUT2D eigenvalue weighted by Crippen LogP contribution is 2.17. The van der Waals surface area contributed by atoms with Crippen LogP contribution in [0.25, 0.3) is 0 Å². The molecule has 12 heteroatoms. The summed E-state index contributed by atoms with van der Waals surface area (Å²) >= 11 is 0. The lowest BCUT2D eigenvalue weighted by Crippen LogP contribution is -2.21. The minimum atomic E-state index is -0.564. The maximum absolute atomic E-state index is 12.4. The molecule has 0 saturated heterocycles. The summed E-state index contributed by atoms with van der Waals surface area (Å²) in [5.41, 5.74) is 0.171. The Bertz CT molecular complexity index is 1020. The van der Waals surface area contributed by atoms with Gasteiger partial charge >= 0.3 is 5.69 Å². The molecule has 140 valence electrons. The Morgan fingerprint density at radius 1 is 1.30 bits per heavy atom. The number of carbonyl (C=O) groups excluding carboxylic acids is 2. The van der Waals surface area contributed by atoms with E-state index in [1.54, 1.807) is 13.1 Å². The van der Waals surface area contributed by atoms with Gasteiger partial charge in [-0.3, -0.25) is 29.1 Å². The molecule has 3 aromatic heterocycles. The third kappa shape index (κ3) is 3.84. The number of amides is 2. The number of hydrogen-bond acceptors (Lipinski definition) is 7. The molecule has 3 aromatic rings. The summed E-state index contributed by atoms with van der Waals surface area (Å²) in [6, 6.07) is 3.02. The first-order chi connectivity index (χ1) is 12.9. The monoisotopic (exact) mass is 373 g/mol. The molecule has 0 aliphatic carbocycles. The van der Waals surface area contributed by atoms with Gasteiger partial charge in [0, 0.05) is 20.3 Å². The Labute approximate surface area is 151 Å². The fraction of sp³-hybridized carbons (Fsp3) is 0.200. The average molecular weight is 373 g/mol. The third-order valence-corrected chi connectivity index (χ3v) is 3.55. The number of nitrogens with one attached hydrogen (secondary N) is 2. The van der Waals surface area contributed by atoms with E-state index in [-0.39, 0.29) is 29.4 Å². The molecule has 3 rings (SSSR count). The van der Waals surface area contributed by atoms with Gasteiger partial charge in [-0.15, -0.1) is 0 Å². The van der Waals surface area contributed by atoms with Gasteiger partial charge in [-0.1, -0.05) is 0 Å². The number of anilines is 1. The first-order valence-corrected chi connectivity index (χ1v) is 7.70. The van der Waals surface area contributed by atoms with Crippen molar-refractivity contribution in [2.75, 3.05) is 12.4 Å². The van der Waals surface area contributed by atoms with Crippen molar-refractivity contribution in [2.24, 2.45) is 7.05 Å². The summed E-state index contributed by atoms with van der Waals surface area (Å²) in [6.45, 7) is 0.123. The minimum Gasteiger partial charge on any atom is -0.454 e. The van der Waals surface area contributed by atoms with Gasteiger partial charge < -0.3 is 15.1 Å². The fourth-order valence-corrected chi connectivity index (χ4v) is 2.33. The lowest BCUT2D eigenvalue weighted by molar-refractivity contribution is -0.385. The van der Waals surface area contributed by atoms with Gasteiger partial charge in [-0.2, -0.15) is 10.2 Å². The molecule has 2 amide bonds. The smallest absolute Gasteiger partial charge is 0.307 e. The second-order valence-corrected chi connectivity index (χ2v) is 5.52. The predicted octanol–water partition coefficient (Wildman–Crippen LogP) is 0.778. The average Bonchev–Trinajstić information content (AvgIpc) is 3.35. The maximum atomic E-state index is 12.4. The van der Waals surface area contributed by atoms with Gasteiger partial charge in [0.1, 0.15) is 18.2 Å². The molecule has 0 spiro atoms. The van der Waals surface area contributed by atoms with Crippen LogP contribution in [-0.2, 0) is 13.6 Å². The first kappa shape index (κ1) is 17.8. The number of carbonyl (C=O) groups is 2. The summed E-state index contributed by atoms with van der Waals surface area (Å²) in [6.07, 6.45) is 3.88. The van der Waals surface area contributed by atoms with Crippen molar-refractivity contribution in [2.45, 2.75) is 6.54 Å². The second-order valence-electron chi connectivity index (χ2n) is 5.52. The van der Waals surface area contributed by atoms with E-state index in [4.69, 9.17) is 4.42 Å². The van der Waals surface area contributed by atoms with Crippen LogP contribution in [0, 0.1) is 10.1 Å². The van der Waals surface area contributed by atoms with Crippen LogP contribution < -0.4 is 10.6 Å². The molecule has 2 N–H and O–H groups in total. The van der Waals surface area contributed by atoms with Gasteiger partial charge in [0.15, 0.2) is 11.5 Å². The SMILES string of the molecule is CNC(=O)c1nn(C)cc1NC(=O)c1ccc(Cn2cc([N+](=O)[O-])cn2)o1. The van der Waals surface area contributed by atoms with Crippen LogP contribution in [0.2, 0.25) is 0 Å². The summed E-state index contributed by atoms with van der Waals surface area (Å²) in [7, 11) is 3.08. The Hall–Kier alpha value is -3.96. The molecule has 0 saturated carbocycles. The first-order valence-electron chi connectivity index (χ1n) is 7.70. The van der Waals surface area contributed by atoms with Crippen molar-refractivity contribution in [1.29, 1.82) is 0 Å². The molecule has 27 heavy (non-hydrogen) atoms. The number of nitro groups is 1. The van der Waals surface area contributed by atoms with Crippen LogP contribution in [0.3, 0.4) is 0 Å². The Balaban J connectivity index is 1.72. The van der Waals surface area contributed by atoms with E-state index in [9.17, 15) is 19.7 Å². The molecular formula is C15H15N7O5. The minimum absolute atomic E-state index is 0.0124. The molecule has 3 heterocycles. The fourth-order valence-electron chi connectivity index (χ4n) is 2.33. The second kappa shape index (κ2) is 7.11. The van der Waals surface area contributed by atoms with Crippen LogP contribution in [0.5, 0.6) is 0 Å². The van der Waals surface area contributed by atoms with Crippen LogP contribution >= 0.6 is 0 Å². The number of hydrogen-bond donors (Lipinski definition) is 2. The lowest BCUT2D eigenvalue weighted by atomic mass is 10.3. The topological polar surface area (TPSA) is 150 Å². The third-order valence-electron chi connectivity index (χ3n) is 3.55. The number of aryl methyl sites for hydroxylation is 1. The van der Waals surface area contributed by atoms with Crippen LogP contribution in [-0.4, -0.2) is 43.3 Å². The number of nitrogens with zero attached hydrogens (tertiary/aromatic N) is 5. The van der Waals surface area contributed by atoms with E-state index in [0.29, 0.717) is 5.76 Å². The van der Waals surface area contributed by atoms with Crippen LogP contribution in [0.4, 0.5) is 11.4 Å². The highest BCUT2D eigenvalue weighted by Gasteiger charge is 2.19. The highest BCUT2D eigenvalue weighted by molar-refractivity contribution is 6.06. The van der Waals surface area contributed by atoms with Crippen molar-refractivity contribution in [1.82, 2.24) is 24.9 Å². The van der Waals surface area contributed by atoms with Gasteiger partial charge in [0.05, 0.1) is 17.2 Å². The van der Waals surface area contributed by atoms with E-state index in [1.807, 2.05) is 0 Å². The van der Waals surface area contributed by atoms with Crippen molar-refractivity contribution in [3.63, 3.8) is 0 Å². The largest absolute Gasteiger partial charge is 0.454 e. The van der Waals surface area contributed by atoms with Gasteiger partial charge in [0.2, 0.25) is 0 Å². The molecule has 0 atom stereocenters.